The fourth-order valence-electron chi connectivity index (χ4n) is 2.05. The topological polar surface area (TPSA) is 76.3 Å². The molecule has 1 aromatic heterocycles. The molecule has 0 aliphatic carbocycles. The highest BCUT2D eigenvalue weighted by Crippen LogP contribution is 2.15. The number of methoxy groups -OCH3 is 1. The molecule has 0 spiro atoms. The van der Waals surface area contributed by atoms with Crippen molar-refractivity contribution in [3.63, 3.8) is 0 Å². The van der Waals surface area contributed by atoms with Gasteiger partial charge in [0.25, 0.3) is 0 Å². The number of rotatable bonds is 4. The average Bonchev–Trinajstić information content (AvgIpc) is 2.63. The number of hydrogen-bond acceptors (Lipinski definition) is 6. The SMILES string of the molecule is COCc1nc(N)cc(NC2CCN(C)C2)n1. The van der Waals surface area contributed by atoms with Crippen molar-refractivity contribution in [3.8, 4) is 0 Å². The van der Waals surface area contributed by atoms with Gasteiger partial charge in [-0.25, -0.2) is 9.97 Å². The number of nitrogens with zero attached hydrogens (tertiary/aromatic N) is 3. The second-order valence-corrected chi connectivity index (χ2v) is 4.42. The second kappa shape index (κ2) is 5.29. The van der Waals surface area contributed by atoms with Crippen molar-refractivity contribution in [3.05, 3.63) is 11.9 Å². The molecule has 1 saturated heterocycles. The molecule has 6 heteroatoms. The molecule has 1 atom stereocenters. The summed E-state index contributed by atoms with van der Waals surface area (Å²) in [7, 11) is 3.73. The smallest absolute Gasteiger partial charge is 0.158 e. The van der Waals surface area contributed by atoms with Crippen molar-refractivity contribution in [2.24, 2.45) is 0 Å². The van der Waals surface area contributed by atoms with Gasteiger partial charge in [-0.15, -0.1) is 0 Å². The van der Waals surface area contributed by atoms with Crippen molar-refractivity contribution in [1.82, 2.24) is 14.9 Å². The van der Waals surface area contributed by atoms with Gasteiger partial charge in [-0.05, 0) is 20.0 Å². The number of likely N-dealkylation sites (N-methyl/N-ethyl adjacent to an activating group) is 1. The van der Waals surface area contributed by atoms with Crippen LogP contribution in [0.3, 0.4) is 0 Å². The molecular weight excluding hydrogens is 218 g/mol. The summed E-state index contributed by atoms with van der Waals surface area (Å²) < 4.78 is 5.01. The van der Waals surface area contributed by atoms with Crippen molar-refractivity contribution in [2.75, 3.05) is 38.3 Å². The highest BCUT2D eigenvalue weighted by molar-refractivity contribution is 5.45. The maximum absolute atomic E-state index is 5.73. The number of hydrogen-bond donors (Lipinski definition) is 2. The van der Waals surface area contributed by atoms with Gasteiger partial charge in [0, 0.05) is 25.8 Å². The van der Waals surface area contributed by atoms with Gasteiger partial charge in [0.05, 0.1) is 0 Å². The van der Waals surface area contributed by atoms with Crippen LogP contribution in [0.4, 0.5) is 11.6 Å². The third-order valence-corrected chi connectivity index (χ3v) is 2.81. The lowest BCUT2D eigenvalue weighted by Gasteiger charge is -2.14. The second-order valence-electron chi connectivity index (χ2n) is 4.42. The summed E-state index contributed by atoms with van der Waals surface area (Å²) in [6.45, 7) is 2.52. The van der Waals surface area contributed by atoms with Gasteiger partial charge in [-0.3, -0.25) is 0 Å². The third kappa shape index (κ3) is 3.28. The Kier molecular flexibility index (Phi) is 3.75. The lowest BCUT2D eigenvalue weighted by molar-refractivity contribution is 0.178. The minimum Gasteiger partial charge on any atom is -0.384 e. The number of likely N-dealkylation sites (tertiary alicyclic amines) is 1. The molecule has 0 radical (unpaired) electrons. The van der Waals surface area contributed by atoms with Crippen molar-refractivity contribution in [1.29, 1.82) is 0 Å². The lowest BCUT2D eigenvalue weighted by Crippen LogP contribution is -2.24. The molecule has 6 nitrogen and oxygen atoms in total. The molecule has 17 heavy (non-hydrogen) atoms. The Morgan fingerprint density at radius 3 is 3.06 bits per heavy atom. The van der Waals surface area contributed by atoms with E-state index in [2.05, 4.69) is 27.2 Å². The first-order valence-electron chi connectivity index (χ1n) is 5.75. The number of nitrogen functional groups attached to an aromatic ring is 1. The number of ether oxygens (including phenoxy) is 1. The van der Waals surface area contributed by atoms with Gasteiger partial charge >= 0.3 is 0 Å². The summed E-state index contributed by atoms with van der Waals surface area (Å²) in [5, 5.41) is 3.38. The Morgan fingerprint density at radius 2 is 2.41 bits per heavy atom. The van der Waals surface area contributed by atoms with Crippen LogP contribution in [0.25, 0.3) is 0 Å². The molecule has 1 aliphatic rings. The van der Waals surface area contributed by atoms with Crippen molar-refractivity contribution in [2.45, 2.75) is 19.1 Å². The standard InChI is InChI=1S/C11H19N5O/c1-16-4-3-8(6-16)13-10-5-9(12)14-11(15-10)7-17-2/h5,8H,3-4,6-7H2,1-2H3,(H3,12,13,14,15). The van der Waals surface area contributed by atoms with Crippen LogP contribution in [0, 0.1) is 0 Å². The first kappa shape index (κ1) is 12.1. The highest BCUT2D eigenvalue weighted by atomic mass is 16.5. The van der Waals surface area contributed by atoms with E-state index in [-0.39, 0.29) is 0 Å². The lowest BCUT2D eigenvalue weighted by atomic mass is 10.2. The summed E-state index contributed by atoms with van der Waals surface area (Å²) in [4.78, 5) is 10.8. The molecule has 1 aliphatic heterocycles. The molecule has 0 bridgehead atoms. The Balaban J connectivity index is 2.04. The molecule has 2 rings (SSSR count). The summed E-state index contributed by atoms with van der Waals surface area (Å²) in [5.74, 6) is 1.87. The predicted molar refractivity (Wildman–Crippen MR) is 66.7 cm³/mol. The Morgan fingerprint density at radius 1 is 1.59 bits per heavy atom. The van der Waals surface area contributed by atoms with Crippen LogP contribution in [-0.4, -0.2) is 48.2 Å². The molecular formula is C11H19N5O. The van der Waals surface area contributed by atoms with E-state index in [9.17, 15) is 0 Å². The van der Waals surface area contributed by atoms with Crippen molar-refractivity contribution < 1.29 is 4.74 Å². The largest absolute Gasteiger partial charge is 0.384 e. The maximum atomic E-state index is 5.73. The van der Waals surface area contributed by atoms with Gasteiger partial charge in [-0.1, -0.05) is 0 Å². The van der Waals surface area contributed by atoms with Gasteiger partial charge < -0.3 is 20.7 Å². The van der Waals surface area contributed by atoms with Gasteiger partial charge in [0.1, 0.15) is 18.2 Å². The fraction of sp³-hybridized carbons (Fsp3) is 0.636. The zero-order valence-corrected chi connectivity index (χ0v) is 10.3. The molecule has 0 aromatic carbocycles. The molecule has 0 amide bonds. The number of anilines is 2. The minimum absolute atomic E-state index is 0.379. The highest BCUT2D eigenvalue weighted by Gasteiger charge is 2.19. The summed E-state index contributed by atoms with van der Waals surface area (Å²) >= 11 is 0. The van der Waals surface area contributed by atoms with E-state index in [1.54, 1.807) is 13.2 Å². The van der Waals surface area contributed by atoms with Crippen LogP contribution >= 0.6 is 0 Å². The van der Waals surface area contributed by atoms with Crippen LogP contribution in [0.2, 0.25) is 0 Å². The average molecular weight is 237 g/mol. The van der Waals surface area contributed by atoms with E-state index in [1.807, 2.05) is 0 Å². The van der Waals surface area contributed by atoms with E-state index in [0.717, 1.165) is 25.3 Å². The molecule has 2 heterocycles. The van der Waals surface area contributed by atoms with E-state index in [1.165, 1.54) is 0 Å². The fourth-order valence-corrected chi connectivity index (χ4v) is 2.05. The number of nitrogens with two attached hydrogens (primary N) is 1. The summed E-state index contributed by atoms with van der Waals surface area (Å²) in [5.41, 5.74) is 5.73. The third-order valence-electron chi connectivity index (χ3n) is 2.81. The zero-order chi connectivity index (χ0) is 12.3. The van der Waals surface area contributed by atoms with Crippen molar-refractivity contribution >= 4 is 11.6 Å². The van der Waals surface area contributed by atoms with Crippen LogP contribution < -0.4 is 11.1 Å². The number of aromatic nitrogens is 2. The van der Waals surface area contributed by atoms with Gasteiger partial charge in [-0.2, -0.15) is 0 Å². The molecule has 0 saturated carbocycles. The first-order chi connectivity index (χ1) is 8.17. The quantitative estimate of drug-likeness (QED) is 0.785. The van der Waals surface area contributed by atoms with E-state index in [0.29, 0.717) is 24.3 Å². The molecule has 94 valence electrons. The Hall–Kier alpha value is -1.40. The van der Waals surface area contributed by atoms with Crippen LogP contribution in [0.1, 0.15) is 12.2 Å². The first-order valence-corrected chi connectivity index (χ1v) is 5.75. The van der Waals surface area contributed by atoms with Gasteiger partial charge in [0.15, 0.2) is 5.82 Å². The van der Waals surface area contributed by atoms with Gasteiger partial charge in [0.2, 0.25) is 0 Å². The molecule has 3 N–H and O–H groups in total. The van der Waals surface area contributed by atoms with E-state index < -0.39 is 0 Å². The predicted octanol–water partition coefficient (Wildman–Crippen LogP) is 0.321. The van der Waals surface area contributed by atoms with Crippen LogP contribution in [-0.2, 0) is 11.3 Å². The summed E-state index contributed by atoms with van der Waals surface area (Å²) in [6.07, 6.45) is 1.13. The minimum atomic E-state index is 0.379. The van der Waals surface area contributed by atoms with Crippen LogP contribution in [0.5, 0.6) is 0 Å². The van der Waals surface area contributed by atoms with E-state index >= 15 is 0 Å². The number of nitrogens with one attached hydrogen (secondary N) is 1. The normalized spacial score (nSPS) is 20.7. The van der Waals surface area contributed by atoms with Crippen LogP contribution in [0.15, 0.2) is 6.07 Å². The zero-order valence-electron chi connectivity index (χ0n) is 10.3. The molecule has 1 fully saturated rings. The van der Waals surface area contributed by atoms with E-state index in [4.69, 9.17) is 10.5 Å². The maximum Gasteiger partial charge on any atom is 0.158 e. The Bertz CT molecular complexity index is 384. The summed E-state index contributed by atoms with van der Waals surface area (Å²) in [6, 6.07) is 2.20. The Labute approximate surface area is 101 Å². The molecule has 1 aromatic rings. The monoisotopic (exact) mass is 237 g/mol. The molecule has 1 unspecified atom stereocenters.